The van der Waals surface area contributed by atoms with E-state index in [1.807, 2.05) is 6.92 Å². The molecule has 3 rings (SSSR count). The van der Waals surface area contributed by atoms with Crippen LogP contribution in [-0.2, 0) is 4.74 Å². The summed E-state index contributed by atoms with van der Waals surface area (Å²) in [5, 5.41) is 3.30. The summed E-state index contributed by atoms with van der Waals surface area (Å²) in [6.45, 7) is 7.52. The van der Waals surface area contributed by atoms with E-state index in [0.717, 1.165) is 57.3 Å². The second-order valence-corrected chi connectivity index (χ2v) is 6.27. The Balaban J connectivity index is 1.60. The topological polar surface area (TPSA) is 53.5 Å². The van der Waals surface area contributed by atoms with E-state index >= 15 is 0 Å². The fourth-order valence-electron chi connectivity index (χ4n) is 3.04. The summed E-state index contributed by atoms with van der Waals surface area (Å²) in [6, 6.07) is 12.7. The number of methoxy groups -OCH3 is 1. The van der Waals surface area contributed by atoms with E-state index in [1.165, 1.54) is 5.69 Å². The Morgan fingerprint density at radius 1 is 1.04 bits per heavy atom. The lowest BCUT2D eigenvalue weighted by Gasteiger charge is -2.36. The molecule has 25 heavy (non-hydrogen) atoms. The number of rotatable bonds is 7. The number of nitrogens with one attached hydrogen (secondary N) is 1. The number of nitrogens with zero attached hydrogens (tertiary/aromatic N) is 4. The lowest BCUT2D eigenvalue weighted by Crippen LogP contribution is -2.46. The zero-order chi connectivity index (χ0) is 17.5. The molecule has 0 aliphatic carbocycles. The average Bonchev–Trinajstić information content (AvgIpc) is 2.66. The first-order chi connectivity index (χ1) is 12.3. The zero-order valence-corrected chi connectivity index (χ0v) is 15.1. The maximum atomic E-state index is 5.08. The van der Waals surface area contributed by atoms with E-state index < -0.39 is 0 Å². The van der Waals surface area contributed by atoms with Gasteiger partial charge in [-0.15, -0.1) is 0 Å². The van der Waals surface area contributed by atoms with Crippen LogP contribution < -0.4 is 15.1 Å². The Bertz CT molecular complexity index is 656. The minimum Gasteiger partial charge on any atom is -0.385 e. The van der Waals surface area contributed by atoms with E-state index in [2.05, 4.69) is 56.5 Å². The van der Waals surface area contributed by atoms with Gasteiger partial charge in [-0.2, -0.15) is 4.98 Å². The number of para-hydroxylation sites is 1. The van der Waals surface area contributed by atoms with Gasteiger partial charge in [-0.05, 0) is 25.5 Å². The van der Waals surface area contributed by atoms with Crippen molar-refractivity contribution in [1.82, 2.24) is 9.97 Å². The van der Waals surface area contributed by atoms with Crippen LogP contribution in [0.4, 0.5) is 17.5 Å². The highest BCUT2D eigenvalue weighted by atomic mass is 16.5. The van der Waals surface area contributed by atoms with Gasteiger partial charge in [0.05, 0.1) is 0 Å². The van der Waals surface area contributed by atoms with Crippen LogP contribution in [0, 0.1) is 6.92 Å². The Morgan fingerprint density at radius 3 is 2.48 bits per heavy atom. The Kier molecular flexibility index (Phi) is 6.06. The van der Waals surface area contributed by atoms with Crippen LogP contribution in [0.25, 0.3) is 0 Å². The van der Waals surface area contributed by atoms with Crippen molar-refractivity contribution < 1.29 is 4.74 Å². The molecule has 0 atom stereocenters. The molecule has 1 aromatic carbocycles. The van der Waals surface area contributed by atoms with Gasteiger partial charge < -0.3 is 19.9 Å². The van der Waals surface area contributed by atoms with Crippen molar-refractivity contribution >= 4 is 17.5 Å². The molecule has 0 spiro atoms. The molecule has 1 fully saturated rings. The van der Waals surface area contributed by atoms with Crippen LogP contribution in [0.1, 0.15) is 12.1 Å². The molecule has 0 amide bonds. The largest absolute Gasteiger partial charge is 0.385 e. The minimum atomic E-state index is 0.705. The summed E-state index contributed by atoms with van der Waals surface area (Å²) in [5.74, 6) is 1.71. The van der Waals surface area contributed by atoms with Crippen molar-refractivity contribution in [2.45, 2.75) is 13.3 Å². The normalized spacial score (nSPS) is 14.6. The Hall–Kier alpha value is -2.34. The number of piperazine rings is 1. The van der Waals surface area contributed by atoms with E-state index in [4.69, 9.17) is 9.72 Å². The third-order valence-electron chi connectivity index (χ3n) is 4.37. The first kappa shape index (κ1) is 17.5. The molecule has 2 heterocycles. The van der Waals surface area contributed by atoms with Gasteiger partial charge in [0.2, 0.25) is 5.95 Å². The maximum absolute atomic E-state index is 5.08. The first-order valence-corrected chi connectivity index (χ1v) is 8.90. The second kappa shape index (κ2) is 8.67. The van der Waals surface area contributed by atoms with Crippen LogP contribution >= 0.6 is 0 Å². The summed E-state index contributed by atoms with van der Waals surface area (Å²) < 4.78 is 5.08. The molecule has 1 aromatic heterocycles. The second-order valence-electron chi connectivity index (χ2n) is 6.27. The van der Waals surface area contributed by atoms with Crippen LogP contribution in [0.15, 0.2) is 36.4 Å². The molecular weight excluding hydrogens is 314 g/mol. The molecule has 0 unspecified atom stereocenters. The number of aromatic nitrogens is 2. The van der Waals surface area contributed by atoms with E-state index in [1.54, 1.807) is 7.11 Å². The summed E-state index contributed by atoms with van der Waals surface area (Å²) in [7, 11) is 1.72. The summed E-state index contributed by atoms with van der Waals surface area (Å²) >= 11 is 0. The third kappa shape index (κ3) is 4.82. The van der Waals surface area contributed by atoms with Gasteiger partial charge in [-0.3, -0.25) is 0 Å². The van der Waals surface area contributed by atoms with Crippen molar-refractivity contribution in [1.29, 1.82) is 0 Å². The molecule has 6 heteroatoms. The zero-order valence-electron chi connectivity index (χ0n) is 15.1. The molecule has 134 valence electrons. The number of anilines is 3. The summed E-state index contributed by atoms with van der Waals surface area (Å²) in [6.07, 6.45) is 0.943. The monoisotopic (exact) mass is 341 g/mol. The standard InChI is InChI=1S/C19H27N5O/c1-16-15-18(22-19(21-16)20-9-6-14-25-2)24-12-10-23(11-13-24)17-7-4-3-5-8-17/h3-5,7-8,15H,6,9-14H2,1-2H3,(H,20,21,22). The molecule has 6 nitrogen and oxygen atoms in total. The molecule has 1 aliphatic heterocycles. The lowest BCUT2D eigenvalue weighted by atomic mass is 10.2. The predicted octanol–water partition coefficient (Wildman–Crippen LogP) is 2.56. The number of ether oxygens (including phenoxy) is 1. The smallest absolute Gasteiger partial charge is 0.224 e. The maximum Gasteiger partial charge on any atom is 0.224 e. The van der Waals surface area contributed by atoms with Crippen molar-refractivity contribution in [3.63, 3.8) is 0 Å². The molecule has 0 saturated carbocycles. The molecule has 0 bridgehead atoms. The summed E-state index contributed by atoms with van der Waals surface area (Å²) in [5.41, 5.74) is 2.28. The van der Waals surface area contributed by atoms with Gasteiger partial charge in [-0.1, -0.05) is 18.2 Å². The van der Waals surface area contributed by atoms with E-state index in [-0.39, 0.29) is 0 Å². The van der Waals surface area contributed by atoms with Gasteiger partial charge in [0.25, 0.3) is 0 Å². The van der Waals surface area contributed by atoms with Gasteiger partial charge in [0.15, 0.2) is 0 Å². The third-order valence-corrected chi connectivity index (χ3v) is 4.37. The number of benzene rings is 1. The van der Waals surface area contributed by atoms with Crippen LogP contribution in [0.5, 0.6) is 0 Å². The van der Waals surface area contributed by atoms with Crippen molar-refractivity contribution in [2.75, 3.05) is 61.6 Å². The predicted molar refractivity (Wildman–Crippen MR) is 103 cm³/mol. The fraction of sp³-hybridized carbons (Fsp3) is 0.474. The van der Waals surface area contributed by atoms with Crippen molar-refractivity contribution in [3.05, 3.63) is 42.1 Å². The van der Waals surface area contributed by atoms with Crippen molar-refractivity contribution in [3.8, 4) is 0 Å². The first-order valence-electron chi connectivity index (χ1n) is 8.90. The molecule has 0 radical (unpaired) electrons. The van der Waals surface area contributed by atoms with Crippen LogP contribution in [-0.4, -0.2) is 56.4 Å². The average molecular weight is 341 g/mol. The molecule has 1 saturated heterocycles. The number of hydrogen-bond acceptors (Lipinski definition) is 6. The molecular formula is C19H27N5O. The van der Waals surface area contributed by atoms with Gasteiger partial charge >= 0.3 is 0 Å². The van der Waals surface area contributed by atoms with E-state index in [0.29, 0.717) is 5.95 Å². The van der Waals surface area contributed by atoms with E-state index in [9.17, 15) is 0 Å². The molecule has 1 aliphatic rings. The molecule has 1 N–H and O–H groups in total. The molecule has 2 aromatic rings. The number of hydrogen-bond donors (Lipinski definition) is 1. The van der Waals surface area contributed by atoms with Gasteiger partial charge in [0, 0.05) is 63.9 Å². The SMILES string of the molecule is COCCCNc1nc(C)cc(N2CCN(c3ccccc3)CC2)n1. The highest BCUT2D eigenvalue weighted by molar-refractivity contribution is 5.50. The Labute approximate surface area is 149 Å². The van der Waals surface area contributed by atoms with Gasteiger partial charge in [0.1, 0.15) is 5.82 Å². The number of aryl methyl sites for hydroxylation is 1. The summed E-state index contributed by atoms with van der Waals surface area (Å²) in [4.78, 5) is 14.0. The van der Waals surface area contributed by atoms with Crippen LogP contribution in [0.3, 0.4) is 0 Å². The van der Waals surface area contributed by atoms with Crippen LogP contribution in [0.2, 0.25) is 0 Å². The fourth-order valence-corrected chi connectivity index (χ4v) is 3.04. The lowest BCUT2D eigenvalue weighted by molar-refractivity contribution is 0.197. The highest BCUT2D eigenvalue weighted by Crippen LogP contribution is 2.20. The highest BCUT2D eigenvalue weighted by Gasteiger charge is 2.19. The van der Waals surface area contributed by atoms with Gasteiger partial charge in [-0.25, -0.2) is 4.98 Å². The quantitative estimate of drug-likeness (QED) is 0.781. The minimum absolute atomic E-state index is 0.705. The van der Waals surface area contributed by atoms with Crippen molar-refractivity contribution in [2.24, 2.45) is 0 Å². The Morgan fingerprint density at radius 2 is 1.76 bits per heavy atom.